The van der Waals surface area contributed by atoms with Crippen LogP contribution in [-0.2, 0) is 5.41 Å². The topological polar surface area (TPSA) is 151 Å². The number of rotatable bonds is 12. The number of carboxylic acid groups (broad SMARTS) is 2. The van der Waals surface area contributed by atoms with Crippen LogP contribution in [0.4, 0.5) is 11.4 Å². The Hall–Kier alpha value is -7.20. The molecule has 0 saturated carbocycles. The lowest BCUT2D eigenvalue weighted by molar-refractivity contribution is 0.0683. The molecule has 0 saturated heterocycles. The number of hydrogen-bond acceptors (Lipinski definition) is 6. The minimum Gasteiger partial charge on any atom is -0.478 e. The predicted molar refractivity (Wildman–Crippen MR) is 210 cm³/mol. The number of carboxylic acids is 2. The Balaban J connectivity index is 1.04. The zero-order chi connectivity index (χ0) is 39.3. The van der Waals surface area contributed by atoms with Gasteiger partial charge < -0.3 is 30.3 Å². The maximum absolute atomic E-state index is 12.8. The highest BCUT2D eigenvalue weighted by Gasteiger charge is 2.24. The zero-order valence-electron chi connectivity index (χ0n) is 30.5. The van der Waals surface area contributed by atoms with Crippen LogP contribution in [0.2, 0.25) is 0 Å². The largest absolute Gasteiger partial charge is 0.478 e. The summed E-state index contributed by atoms with van der Waals surface area (Å²) in [6, 6.07) is 38.5. The van der Waals surface area contributed by atoms with Crippen molar-refractivity contribution >= 4 is 35.1 Å². The predicted octanol–water partition coefficient (Wildman–Crippen LogP) is 10.1. The van der Waals surface area contributed by atoms with Crippen molar-refractivity contribution in [3.63, 3.8) is 0 Å². The van der Waals surface area contributed by atoms with Gasteiger partial charge in [0.05, 0.1) is 22.3 Å². The zero-order valence-corrected chi connectivity index (χ0v) is 30.5. The van der Waals surface area contributed by atoms with E-state index in [1.807, 2.05) is 48.5 Å². The molecular formula is C45H38N2O8. The van der Waals surface area contributed by atoms with Crippen molar-refractivity contribution in [1.29, 1.82) is 0 Å². The van der Waals surface area contributed by atoms with E-state index in [0.29, 0.717) is 34.4 Å². The average molecular weight is 735 g/mol. The summed E-state index contributed by atoms with van der Waals surface area (Å²) in [7, 11) is 0. The number of ether oxygens (including phenoxy) is 2. The summed E-state index contributed by atoms with van der Waals surface area (Å²) in [4.78, 5) is 48.9. The summed E-state index contributed by atoms with van der Waals surface area (Å²) in [5, 5.41) is 24.4. The third-order valence-electron chi connectivity index (χ3n) is 9.15. The summed E-state index contributed by atoms with van der Waals surface area (Å²) in [5.41, 5.74) is 4.41. The van der Waals surface area contributed by atoms with Crippen molar-refractivity contribution in [3.05, 3.63) is 178 Å². The molecule has 0 aliphatic carbocycles. The Kier molecular flexibility index (Phi) is 10.8. The molecule has 6 aromatic rings. The van der Waals surface area contributed by atoms with E-state index in [0.717, 1.165) is 22.3 Å². The molecule has 0 spiro atoms. The van der Waals surface area contributed by atoms with Gasteiger partial charge in [-0.1, -0.05) is 61.4 Å². The Morgan fingerprint density at radius 2 is 0.764 bits per heavy atom. The third-order valence-corrected chi connectivity index (χ3v) is 9.15. The van der Waals surface area contributed by atoms with Crippen molar-refractivity contribution in [2.24, 2.45) is 0 Å². The summed E-state index contributed by atoms with van der Waals surface area (Å²) in [6.07, 6.45) is 0. The van der Waals surface area contributed by atoms with Crippen molar-refractivity contribution in [2.45, 2.75) is 33.1 Å². The molecule has 2 amide bonds. The number of aryl methyl sites for hydroxylation is 2. The highest BCUT2D eigenvalue weighted by Crippen LogP contribution is 2.35. The van der Waals surface area contributed by atoms with Crippen LogP contribution < -0.4 is 20.1 Å². The normalized spacial score (nSPS) is 11.0. The SMILES string of the molecule is Cc1ccc(C(=O)O)c(C(=O)Nc2ccc(Oc3ccc(C(C)(C)c4ccc(Oc5ccc(NC(=O)c6cc(C)ccc6C(=O)O)cc5)cc4)cc3)cc2)c1. The highest BCUT2D eigenvalue weighted by atomic mass is 16.5. The third kappa shape index (κ3) is 8.89. The second-order valence-electron chi connectivity index (χ2n) is 13.5. The van der Waals surface area contributed by atoms with E-state index in [1.54, 1.807) is 86.6 Å². The molecule has 276 valence electrons. The second-order valence-corrected chi connectivity index (χ2v) is 13.5. The van der Waals surface area contributed by atoms with Gasteiger partial charge in [-0.25, -0.2) is 9.59 Å². The number of carbonyl (C=O) groups is 4. The molecule has 0 aliphatic rings. The van der Waals surface area contributed by atoms with Crippen molar-refractivity contribution in [2.75, 3.05) is 10.6 Å². The van der Waals surface area contributed by atoms with Crippen LogP contribution in [0.15, 0.2) is 133 Å². The molecule has 0 atom stereocenters. The maximum Gasteiger partial charge on any atom is 0.336 e. The van der Waals surface area contributed by atoms with Gasteiger partial charge in [0.2, 0.25) is 0 Å². The van der Waals surface area contributed by atoms with E-state index < -0.39 is 23.8 Å². The molecular weight excluding hydrogens is 697 g/mol. The van der Waals surface area contributed by atoms with E-state index in [2.05, 4.69) is 24.5 Å². The molecule has 6 aromatic carbocycles. The van der Waals surface area contributed by atoms with Gasteiger partial charge in [-0.15, -0.1) is 0 Å². The number of amides is 2. The van der Waals surface area contributed by atoms with Crippen molar-refractivity contribution in [3.8, 4) is 23.0 Å². The number of aromatic carboxylic acids is 2. The van der Waals surface area contributed by atoms with Gasteiger partial charge in [-0.3, -0.25) is 9.59 Å². The first kappa shape index (κ1) is 37.6. The number of benzene rings is 6. The summed E-state index contributed by atoms with van der Waals surface area (Å²) in [5.74, 6) is -0.951. The molecule has 0 radical (unpaired) electrons. The van der Waals surface area contributed by atoms with Gasteiger partial charge in [0.15, 0.2) is 0 Å². The molecule has 0 aliphatic heterocycles. The monoisotopic (exact) mass is 734 g/mol. The molecule has 4 N–H and O–H groups in total. The molecule has 0 bridgehead atoms. The molecule has 0 unspecified atom stereocenters. The summed E-state index contributed by atoms with van der Waals surface area (Å²) < 4.78 is 12.1. The van der Waals surface area contributed by atoms with Gasteiger partial charge in [-0.05, 0) is 122 Å². The first-order valence-corrected chi connectivity index (χ1v) is 17.3. The lowest BCUT2D eigenvalue weighted by atomic mass is 9.78. The fourth-order valence-electron chi connectivity index (χ4n) is 5.99. The van der Waals surface area contributed by atoms with Crippen LogP contribution in [0, 0.1) is 13.8 Å². The maximum atomic E-state index is 12.8. The van der Waals surface area contributed by atoms with Crippen molar-refractivity contribution in [1.82, 2.24) is 0 Å². The Labute approximate surface area is 318 Å². The van der Waals surface area contributed by atoms with Crippen LogP contribution in [0.5, 0.6) is 23.0 Å². The first-order valence-electron chi connectivity index (χ1n) is 17.3. The second kappa shape index (κ2) is 15.8. The summed E-state index contributed by atoms with van der Waals surface area (Å²) >= 11 is 0. The van der Waals surface area contributed by atoms with E-state index in [1.165, 1.54) is 12.1 Å². The molecule has 0 fully saturated rings. The lowest BCUT2D eigenvalue weighted by Gasteiger charge is -2.26. The molecule has 6 rings (SSSR count). The molecule has 55 heavy (non-hydrogen) atoms. The van der Waals surface area contributed by atoms with Gasteiger partial charge in [0, 0.05) is 16.8 Å². The number of carbonyl (C=O) groups excluding carboxylic acids is 2. The standard InChI is InChI=1S/C45H38N2O8/c1-27-5-23-37(43(50)51)39(25-27)41(48)46-31-11-19-35(20-12-31)54-33-15-7-29(8-16-33)45(3,4)30-9-17-34(18-10-30)55-36-21-13-32(14-22-36)47-42(49)40-26-28(2)6-24-38(40)44(52)53/h5-26H,1-4H3,(H,46,48)(H,47,49)(H,50,51)(H,52,53). The fourth-order valence-corrected chi connectivity index (χ4v) is 5.99. The van der Waals surface area contributed by atoms with Crippen molar-refractivity contribution < 1.29 is 38.9 Å². The quantitative estimate of drug-likeness (QED) is 0.0970. The van der Waals surface area contributed by atoms with Crippen LogP contribution in [-0.4, -0.2) is 34.0 Å². The molecule has 0 heterocycles. The van der Waals surface area contributed by atoms with Gasteiger partial charge in [0.1, 0.15) is 23.0 Å². The van der Waals surface area contributed by atoms with Crippen LogP contribution in [0.25, 0.3) is 0 Å². The average Bonchev–Trinajstić information content (AvgIpc) is 3.16. The minimum absolute atomic E-state index is 0.0647. The van der Waals surface area contributed by atoms with E-state index in [9.17, 15) is 29.4 Å². The Morgan fingerprint density at radius 3 is 1.07 bits per heavy atom. The Morgan fingerprint density at radius 1 is 0.455 bits per heavy atom. The fraction of sp³-hybridized carbons (Fsp3) is 0.111. The van der Waals surface area contributed by atoms with Gasteiger partial charge in [-0.2, -0.15) is 0 Å². The van der Waals surface area contributed by atoms with Crippen LogP contribution in [0.1, 0.15) is 77.5 Å². The molecule has 10 heteroatoms. The number of anilines is 2. The first-order chi connectivity index (χ1) is 26.3. The lowest BCUT2D eigenvalue weighted by Crippen LogP contribution is -2.18. The van der Waals surface area contributed by atoms with Crippen LogP contribution in [0.3, 0.4) is 0 Å². The molecule has 10 nitrogen and oxygen atoms in total. The van der Waals surface area contributed by atoms with E-state index >= 15 is 0 Å². The van der Waals surface area contributed by atoms with Gasteiger partial charge in [0.25, 0.3) is 11.8 Å². The number of nitrogens with one attached hydrogen (secondary N) is 2. The molecule has 0 aromatic heterocycles. The smallest absolute Gasteiger partial charge is 0.336 e. The van der Waals surface area contributed by atoms with Crippen LogP contribution >= 0.6 is 0 Å². The van der Waals surface area contributed by atoms with E-state index in [4.69, 9.17) is 9.47 Å². The number of hydrogen-bond donors (Lipinski definition) is 4. The highest BCUT2D eigenvalue weighted by molar-refractivity contribution is 6.11. The minimum atomic E-state index is -1.17. The Bertz CT molecular complexity index is 2220. The summed E-state index contributed by atoms with van der Waals surface area (Å²) in [6.45, 7) is 7.85. The van der Waals surface area contributed by atoms with E-state index in [-0.39, 0.29) is 27.7 Å². The van der Waals surface area contributed by atoms with Gasteiger partial charge >= 0.3 is 11.9 Å².